The van der Waals surface area contributed by atoms with Crippen molar-refractivity contribution in [1.82, 2.24) is 4.90 Å². The Labute approximate surface area is 103 Å². The first-order valence-electron chi connectivity index (χ1n) is 6.28. The van der Waals surface area contributed by atoms with Gasteiger partial charge in [0.25, 0.3) is 0 Å². The molecule has 1 aliphatic heterocycles. The zero-order chi connectivity index (χ0) is 11.2. The van der Waals surface area contributed by atoms with Crippen molar-refractivity contribution in [3.63, 3.8) is 0 Å². The summed E-state index contributed by atoms with van der Waals surface area (Å²) in [6.45, 7) is 6.26. The van der Waals surface area contributed by atoms with Gasteiger partial charge in [-0.05, 0) is 51.0 Å². The summed E-state index contributed by atoms with van der Waals surface area (Å²) >= 11 is 2.00. The quantitative estimate of drug-likeness (QED) is 0.717. The smallest absolute Gasteiger partial charge is 0.00782 e. The molecule has 0 N–H and O–H groups in total. The maximum absolute atomic E-state index is 2.60. The third-order valence-corrected chi connectivity index (χ3v) is 4.31. The Morgan fingerprint density at radius 1 is 1.19 bits per heavy atom. The molecule has 1 unspecified atom stereocenters. The molecule has 2 heteroatoms. The Morgan fingerprint density at radius 3 is 2.56 bits per heavy atom. The van der Waals surface area contributed by atoms with Crippen molar-refractivity contribution in [2.45, 2.75) is 36.3 Å². The number of hydrogen-bond donors (Lipinski definition) is 0. The molecule has 1 atom stereocenters. The molecule has 0 bridgehead atoms. The van der Waals surface area contributed by atoms with Crippen molar-refractivity contribution in [3.8, 4) is 0 Å². The summed E-state index contributed by atoms with van der Waals surface area (Å²) in [5.74, 6) is 0. The highest BCUT2D eigenvalue weighted by molar-refractivity contribution is 7.99. The molecule has 1 aromatic carbocycles. The number of thioether (sulfide) groups is 1. The molecule has 16 heavy (non-hydrogen) atoms. The Hall–Kier alpha value is -0.470. The predicted molar refractivity (Wildman–Crippen MR) is 72.1 cm³/mol. The van der Waals surface area contributed by atoms with Gasteiger partial charge in [0.05, 0.1) is 0 Å². The van der Waals surface area contributed by atoms with E-state index in [4.69, 9.17) is 0 Å². The molecule has 88 valence electrons. The van der Waals surface area contributed by atoms with E-state index in [1.54, 1.807) is 0 Å². The molecule has 1 saturated heterocycles. The maximum atomic E-state index is 2.60. The van der Waals surface area contributed by atoms with Crippen LogP contribution in [0.5, 0.6) is 0 Å². The Kier molecular flexibility index (Phi) is 4.73. The van der Waals surface area contributed by atoms with Crippen LogP contribution in [0, 0.1) is 0 Å². The van der Waals surface area contributed by atoms with Crippen molar-refractivity contribution in [2.75, 3.05) is 19.6 Å². The van der Waals surface area contributed by atoms with E-state index in [0.717, 1.165) is 5.25 Å². The fourth-order valence-corrected chi connectivity index (χ4v) is 3.16. The van der Waals surface area contributed by atoms with Crippen LogP contribution in [-0.2, 0) is 0 Å². The molecule has 1 aliphatic rings. The normalized spacial score (nSPS) is 18.8. The third kappa shape index (κ3) is 3.84. The molecular weight excluding hydrogens is 214 g/mol. The average Bonchev–Trinajstić information content (AvgIpc) is 2.81. The minimum absolute atomic E-state index is 0.725. The highest BCUT2D eigenvalue weighted by Crippen LogP contribution is 2.25. The van der Waals surface area contributed by atoms with Gasteiger partial charge < -0.3 is 4.90 Å². The second-order valence-electron chi connectivity index (χ2n) is 4.58. The molecular formula is C14H21NS. The van der Waals surface area contributed by atoms with Gasteiger partial charge >= 0.3 is 0 Å². The van der Waals surface area contributed by atoms with Crippen molar-refractivity contribution in [3.05, 3.63) is 30.3 Å². The molecule has 2 rings (SSSR count). The molecule has 0 aromatic heterocycles. The molecule has 0 aliphatic carbocycles. The van der Waals surface area contributed by atoms with Crippen LogP contribution in [0.4, 0.5) is 0 Å². The second-order valence-corrected chi connectivity index (χ2v) is 6.09. The lowest BCUT2D eigenvalue weighted by molar-refractivity contribution is 0.334. The van der Waals surface area contributed by atoms with Gasteiger partial charge in [-0.25, -0.2) is 0 Å². The van der Waals surface area contributed by atoms with Gasteiger partial charge in [0.15, 0.2) is 0 Å². The molecule has 0 spiro atoms. The average molecular weight is 235 g/mol. The lowest BCUT2D eigenvalue weighted by Crippen LogP contribution is -2.22. The van der Waals surface area contributed by atoms with E-state index in [0.29, 0.717) is 0 Å². The minimum atomic E-state index is 0.725. The Bertz CT molecular complexity index is 293. The second kappa shape index (κ2) is 6.31. The van der Waals surface area contributed by atoms with E-state index in [-0.39, 0.29) is 0 Å². The Morgan fingerprint density at radius 2 is 1.88 bits per heavy atom. The van der Waals surface area contributed by atoms with E-state index in [2.05, 4.69) is 42.2 Å². The number of likely N-dealkylation sites (tertiary alicyclic amines) is 1. The van der Waals surface area contributed by atoms with E-state index < -0.39 is 0 Å². The van der Waals surface area contributed by atoms with Gasteiger partial charge in [0.2, 0.25) is 0 Å². The van der Waals surface area contributed by atoms with Gasteiger partial charge in [0, 0.05) is 10.1 Å². The van der Waals surface area contributed by atoms with E-state index in [1.807, 2.05) is 11.8 Å². The highest BCUT2D eigenvalue weighted by Gasteiger charge is 2.12. The molecule has 1 fully saturated rings. The Balaban J connectivity index is 1.69. The topological polar surface area (TPSA) is 3.24 Å². The SMILES string of the molecule is CC(CCN1CCCC1)Sc1ccccc1. The fraction of sp³-hybridized carbons (Fsp3) is 0.571. The zero-order valence-corrected chi connectivity index (χ0v) is 10.9. The predicted octanol–water partition coefficient (Wildman–Crippen LogP) is 3.65. The fourth-order valence-electron chi connectivity index (χ4n) is 2.16. The summed E-state index contributed by atoms with van der Waals surface area (Å²) in [5, 5.41) is 0.725. The summed E-state index contributed by atoms with van der Waals surface area (Å²) in [6, 6.07) is 10.7. The molecule has 0 amide bonds. The van der Waals surface area contributed by atoms with Crippen LogP contribution >= 0.6 is 11.8 Å². The molecule has 1 heterocycles. The summed E-state index contributed by atoms with van der Waals surface area (Å²) in [6.07, 6.45) is 4.11. The van der Waals surface area contributed by atoms with Crippen molar-refractivity contribution >= 4 is 11.8 Å². The van der Waals surface area contributed by atoms with Crippen molar-refractivity contribution in [1.29, 1.82) is 0 Å². The molecule has 0 saturated carbocycles. The van der Waals surface area contributed by atoms with Crippen LogP contribution in [-0.4, -0.2) is 29.8 Å². The number of rotatable bonds is 5. The van der Waals surface area contributed by atoms with E-state index in [1.165, 1.54) is 43.8 Å². The van der Waals surface area contributed by atoms with Crippen LogP contribution in [0.15, 0.2) is 35.2 Å². The number of hydrogen-bond acceptors (Lipinski definition) is 2. The van der Waals surface area contributed by atoms with Crippen LogP contribution < -0.4 is 0 Å². The van der Waals surface area contributed by atoms with Crippen molar-refractivity contribution in [2.24, 2.45) is 0 Å². The van der Waals surface area contributed by atoms with Crippen molar-refractivity contribution < 1.29 is 0 Å². The first-order chi connectivity index (χ1) is 7.84. The number of nitrogens with zero attached hydrogens (tertiary/aromatic N) is 1. The first-order valence-corrected chi connectivity index (χ1v) is 7.16. The maximum Gasteiger partial charge on any atom is 0.00782 e. The zero-order valence-electron chi connectivity index (χ0n) is 10.1. The van der Waals surface area contributed by atoms with E-state index >= 15 is 0 Å². The largest absolute Gasteiger partial charge is 0.303 e. The summed E-state index contributed by atoms with van der Waals surface area (Å²) in [4.78, 5) is 4.00. The van der Waals surface area contributed by atoms with Gasteiger partial charge in [-0.3, -0.25) is 0 Å². The van der Waals surface area contributed by atoms with Crippen LogP contribution in [0.2, 0.25) is 0 Å². The van der Waals surface area contributed by atoms with E-state index in [9.17, 15) is 0 Å². The highest BCUT2D eigenvalue weighted by atomic mass is 32.2. The summed E-state index contributed by atoms with van der Waals surface area (Å²) < 4.78 is 0. The van der Waals surface area contributed by atoms with Crippen LogP contribution in [0.3, 0.4) is 0 Å². The van der Waals surface area contributed by atoms with Crippen LogP contribution in [0.1, 0.15) is 26.2 Å². The molecule has 1 nitrogen and oxygen atoms in total. The monoisotopic (exact) mass is 235 g/mol. The minimum Gasteiger partial charge on any atom is -0.303 e. The summed E-state index contributed by atoms with van der Waals surface area (Å²) in [5.41, 5.74) is 0. The first kappa shape index (κ1) is 12.0. The summed E-state index contributed by atoms with van der Waals surface area (Å²) in [7, 11) is 0. The van der Waals surface area contributed by atoms with Gasteiger partial charge in [-0.2, -0.15) is 0 Å². The molecule has 1 aromatic rings. The van der Waals surface area contributed by atoms with Crippen LogP contribution in [0.25, 0.3) is 0 Å². The standard InChI is InChI=1S/C14H21NS/c1-13(9-12-15-10-5-6-11-15)16-14-7-3-2-4-8-14/h2-4,7-8,13H,5-6,9-12H2,1H3. The third-order valence-electron chi connectivity index (χ3n) is 3.13. The number of benzene rings is 1. The lowest BCUT2D eigenvalue weighted by Gasteiger charge is -2.17. The van der Waals surface area contributed by atoms with Gasteiger partial charge in [-0.15, -0.1) is 11.8 Å². The van der Waals surface area contributed by atoms with Gasteiger partial charge in [-0.1, -0.05) is 25.1 Å². The lowest BCUT2D eigenvalue weighted by atomic mass is 10.3. The van der Waals surface area contributed by atoms with Gasteiger partial charge in [0.1, 0.15) is 0 Å². The molecule has 0 radical (unpaired) electrons.